The quantitative estimate of drug-likeness (QED) is 0.323. The molecule has 0 saturated carbocycles. The fourth-order valence-corrected chi connectivity index (χ4v) is 2.11. The number of benzene rings is 1. The highest BCUT2D eigenvalue weighted by Gasteiger charge is 2.03. The van der Waals surface area contributed by atoms with Gasteiger partial charge >= 0.3 is 0 Å². The molecule has 0 aliphatic rings. The monoisotopic (exact) mass is 452 g/mol. The first kappa shape index (κ1) is 22.0. The van der Waals surface area contributed by atoms with Crippen molar-refractivity contribution in [3.63, 3.8) is 0 Å². The number of carbonyl (C=O) groups excluding carboxylic acids is 1. The number of halogens is 2. The van der Waals surface area contributed by atoms with E-state index in [1.807, 2.05) is 31.2 Å². The molecule has 0 spiro atoms. The first-order valence-electron chi connectivity index (χ1n) is 7.62. The van der Waals surface area contributed by atoms with Gasteiger partial charge in [0.1, 0.15) is 0 Å². The molecular formula is C16H26ClIN4O. The first-order valence-corrected chi connectivity index (χ1v) is 7.99. The zero-order valence-corrected chi connectivity index (χ0v) is 16.8. The Morgan fingerprint density at radius 3 is 2.48 bits per heavy atom. The molecule has 0 aromatic heterocycles. The summed E-state index contributed by atoms with van der Waals surface area (Å²) in [7, 11) is 1.71. The Morgan fingerprint density at radius 2 is 1.83 bits per heavy atom. The molecule has 0 saturated heterocycles. The molecule has 0 aliphatic heterocycles. The number of amides is 1. The molecule has 7 heteroatoms. The van der Waals surface area contributed by atoms with E-state index in [2.05, 4.69) is 20.9 Å². The number of hydrogen-bond donors (Lipinski definition) is 3. The van der Waals surface area contributed by atoms with Crippen molar-refractivity contribution in [2.75, 3.05) is 26.7 Å². The summed E-state index contributed by atoms with van der Waals surface area (Å²) in [6.07, 6.45) is 2.20. The molecule has 0 fully saturated rings. The lowest BCUT2D eigenvalue weighted by atomic mass is 10.1. The minimum Gasteiger partial charge on any atom is -0.356 e. The molecule has 0 atom stereocenters. The Hall–Kier alpha value is -1.02. The highest BCUT2D eigenvalue weighted by Crippen LogP contribution is 2.14. The van der Waals surface area contributed by atoms with Crippen molar-refractivity contribution in [3.05, 3.63) is 34.9 Å². The van der Waals surface area contributed by atoms with Gasteiger partial charge in [-0.25, -0.2) is 0 Å². The second-order valence-corrected chi connectivity index (χ2v) is 5.27. The molecule has 1 amide bonds. The highest BCUT2D eigenvalue weighted by molar-refractivity contribution is 14.0. The zero-order valence-electron chi connectivity index (χ0n) is 13.7. The maximum atomic E-state index is 11.5. The van der Waals surface area contributed by atoms with Crippen LogP contribution in [0.25, 0.3) is 0 Å². The second-order valence-electron chi connectivity index (χ2n) is 4.87. The van der Waals surface area contributed by atoms with Crippen LogP contribution in [0.5, 0.6) is 0 Å². The topological polar surface area (TPSA) is 65.5 Å². The van der Waals surface area contributed by atoms with Crippen LogP contribution in [0.2, 0.25) is 5.02 Å². The Balaban J connectivity index is 0.00000484. The van der Waals surface area contributed by atoms with Crippen LogP contribution in [0, 0.1) is 0 Å². The normalized spacial score (nSPS) is 10.7. The largest absolute Gasteiger partial charge is 0.356 e. The van der Waals surface area contributed by atoms with Crippen molar-refractivity contribution in [1.29, 1.82) is 0 Å². The van der Waals surface area contributed by atoms with Gasteiger partial charge in [0, 0.05) is 38.1 Å². The van der Waals surface area contributed by atoms with E-state index in [1.165, 1.54) is 0 Å². The van der Waals surface area contributed by atoms with Gasteiger partial charge in [-0.15, -0.1) is 24.0 Å². The number of nitrogens with one attached hydrogen (secondary N) is 3. The maximum Gasteiger partial charge on any atom is 0.221 e. The number of hydrogen-bond acceptors (Lipinski definition) is 2. The van der Waals surface area contributed by atoms with Crippen molar-refractivity contribution in [2.24, 2.45) is 4.99 Å². The van der Waals surface area contributed by atoms with Gasteiger partial charge in [0.2, 0.25) is 5.91 Å². The summed E-state index contributed by atoms with van der Waals surface area (Å²) < 4.78 is 0. The van der Waals surface area contributed by atoms with Gasteiger partial charge < -0.3 is 16.0 Å². The number of rotatable bonds is 8. The minimum atomic E-state index is 0. The lowest BCUT2D eigenvalue weighted by molar-refractivity contribution is -0.120. The summed E-state index contributed by atoms with van der Waals surface area (Å²) in [5.74, 6) is 0.746. The summed E-state index contributed by atoms with van der Waals surface area (Å²) >= 11 is 6.12. The van der Waals surface area contributed by atoms with Crippen LogP contribution < -0.4 is 16.0 Å². The lowest BCUT2D eigenvalue weighted by Crippen LogP contribution is -2.40. The van der Waals surface area contributed by atoms with Crippen LogP contribution in [0.3, 0.4) is 0 Å². The number of guanidine groups is 1. The van der Waals surface area contributed by atoms with Crippen LogP contribution in [0.1, 0.15) is 25.3 Å². The van der Waals surface area contributed by atoms with Crippen molar-refractivity contribution in [2.45, 2.75) is 26.2 Å². The van der Waals surface area contributed by atoms with Crippen molar-refractivity contribution in [3.8, 4) is 0 Å². The maximum absolute atomic E-state index is 11.5. The summed E-state index contributed by atoms with van der Waals surface area (Å²) in [5.41, 5.74) is 1.10. The summed E-state index contributed by atoms with van der Waals surface area (Å²) in [4.78, 5) is 15.6. The van der Waals surface area contributed by atoms with Crippen molar-refractivity contribution in [1.82, 2.24) is 16.0 Å². The van der Waals surface area contributed by atoms with Gasteiger partial charge in [-0.2, -0.15) is 0 Å². The molecule has 130 valence electrons. The summed E-state index contributed by atoms with van der Waals surface area (Å²) in [5, 5.41) is 9.95. The molecule has 0 bridgehead atoms. The SMILES string of the molecule is CCCNC(=O)CCNC(=NC)NCCc1ccccc1Cl.I. The van der Waals surface area contributed by atoms with E-state index in [9.17, 15) is 4.79 Å². The van der Waals surface area contributed by atoms with Crippen LogP contribution in [0.4, 0.5) is 0 Å². The van der Waals surface area contributed by atoms with E-state index in [4.69, 9.17) is 11.6 Å². The molecule has 1 aromatic rings. The van der Waals surface area contributed by atoms with Gasteiger partial charge in [0.15, 0.2) is 5.96 Å². The molecule has 0 aliphatic carbocycles. The first-order chi connectivity index (χ1) is 10.7. The third-order valence-electron chi connectivity index (χ3n) is 3.08. The summed E-state index contributed by atoms with van der Waals surface area (Å²) in [6.45, 7) is 4.04. The van der Waals surface area contributed by atoms with Crippen LogP contribution >= 0.6 is 35.6 Å². The van der Waals surface area contributed by atoms with Gasteiger partial charge in [0.25, 0.3) is 0 Å². The third-order valence-corrected chi connectivity index (χ3v) is 3.45. The molecule has 0 unspecified atom stereocenters. The van der Waals surface area contributed by atoms with Crippen LogP contribution in [-0.4, -0.2) is 38.5 Å². The van der Waals surface area contributed by atoms with E-state index in [1.54, 1.807) is 7.05 Å². The fourth-order valence-electron chi connectivity index (χ4n) is 1.88. The number of carbonyl (C=O) groups is 1. The molecule has 23 heavy (non-hydrogen) atoms. The Labute approximate surface area is 160 Å². The predicted molar refractivity (Wildman–Crippen MR) is 108 cm³/mol. The molecule has 1 aromatic carbocycles. The van der Waals surface area contributed by atoms with Crippen LogP contribution in [-0.2, 0) is 11.2 Å². The standard InChI is InChI=1S/C16H25ClN4O.HI/c1-3-10-19-15(22)9-12-21-16(18-2)20-11-8-13-6-4-5-7-14(13)17;/h4-7H,3,8-12H2,1-2H3,(H,19,22)(H2,18,20,21);1H. The van der Waals surface area contributed by atoms with Gasteiger partial charge in [-0.3, -0.25) is 9.79 Å². The molecule has 0 radical (unpaired) electrons. The van der Waals surface area contributed by atoms with Crippen LogP contribution in [0.15, 0.2) is 29.3 Å². The average molecular weight is 453 g/mol. The molecule has 3 N–H and O–H groups in total. The van der Waals surface area contributed by atoms with Gasteiger partial charge in [0.05, 0.1) is 0 Å². The molecule has 0 heterocycles. The zero-order chi connectivity index (χ0) is 16.2. The highest BCUT2D eigenvalue weighted by atomic mass is 127. The molecule has 5 nitrogen and oxygen atoms in total. The average Bonchev–Trinajstić information content (AvgIpc) is 2.53. The van der Waals surface area contributed by atoms with E-state index < -0.39 is 0 Å². The van der Waals surface area contributed by atoms with Gasteiger partial charge in [-0.05, 0) is 24.5 Å². The lowest BCUT2D eigenvalue weighted by Gasteiger charge is -2.12. The smallest absolute Gasteiger partial charge is 0.221 e. The summed E-state index contributed by atoms with van der Waals surface area (Å²) in [6, 6.07) is 7.80. The Kier molecular flexibility index (Phi) is 12.8. The predicted octanol–water partition coefficient (Wildman–Crippen LogP) is 2.58. The number of aliphatic imine (C=N–C) groups is 1. The molecular weight excluding hydrogens is 427 g/mol. The van der Waals surface area contributed by atoms with Crippen molar-refractivity contribution >= 4 is 47.4 Å². The minimum absolute atomic E-state index is 0. The van der Waals surface area contributed by atoms with E-state index in [-0.39, 0.29) is 29.9 Å². The second kappa shape index (κ2) is 13.4. The number of nitrogens with zero attached hydrogens (tertiary/aromatic N) is 1. The third kappa shape index (κ3) is 9.65. The van der Waals surface area contributed by atoms with Crippen molar-refractivity contribution < 1.29 is 4.79 Å². The Morgan fingerprint density at radius 1 is 1.13 bits per heavy atom. The fraction of sp³-hybridized carbons (Fsp3) is 0.500. The van der Waals surface area contributed by atoms with E-state index >= 15 is 0 Å². The Bertz CT molecular complexity index is 497. The van der Waals surface area contributed by atoms with E-state index in [0.29, 0.717) is 18.9 Å². The van der Waals surface area contributed by atoms with Gasteiger partial charge in [-0.1, -0.05) is 36.7 Å². The molecule has 1 rings (SSSR count). The van der Waals surface area contributed by atoms with E-state index in [0.717, 1.165) is 36.5 Å².